The van der Waals surface area contributed by atoms with Crippen molar-refractivity contribution < 1.29 is 63.9 Å². The molecule has 9 atom stereocenters. The number of carboxylic acid groups (broad SMARTS) is 1. The predicted octanol–water partition coefficient (Wildman–Crippen LogP) is 1.38. The maximum absolute atomic E-state index is 12.3. The van der Waals surface area contributed by atoms with Gasteiger partial charge in [-0.05, 0) is 41.5 Å². The van der Waals surface area contributed by atoms with Gasteiger partial charge in [0.1, 0.15) is 35.8 Å². The highest BCUT2D eigenvalue weighted by atomic mass is 16.7. The number of aliphatic carboxylic acids is 1. The topological polar surface area (TPSA) is 206 Å². The summed E-state index contributed by atoms with van der Waals surface area (Å²) in [5, 5.41) is 67.7. The molecular formula is C32H29NO13. The van der Waals surface area contributed by atoms with E-state index in [9.17, 15) is 35.4 Å². The zero-order valence-corrected chi connectivity index (χ0v) is 24.3. The smallest absolute Gasteiger partial charge is 0.343 e. The van der Waals surface area contributed by atoms with Gasteiger partial charge in [-0.1, -0.05) is 24.3 Å². The summed E-state index contributed by atoms with van der Waals surface area (Å²) in [5.74, 6) is -3.29. The largest absolute Gasteiger partial charge is 0.508 e. The minimum atomic E-state index is -2.42. The summed E-state index contributed by atoms with van der Waals surface area (Å²) < 4.78 is 36.0. The normalized spacial score (nSPS) is 34.2. The molecule has 5 aliphatic rings. The third-order valence-corrected chi connectivity index (χ3v) is 9.43. The molecule has 3 aromatic carbocycles. The second kappa shape index (κ2) is 9.64. The molecule has 46 heavy (non-hydrogen) atoms. The molecule has 7 N–H and O–H groups in total. The first-order valence-corrected chi connectivity index (χ1v) is 14.4. The van der Waals surface area contributed by atoms with E-state index in [0.29, 0.717) is 39.5 Å². The van der Waals surface area contributed by atoms with Crippen LogP contribution in [0.15, 0.2) is 54.6 Å². The van der Waals surface area contributed by atoms with Crippen LogP contribution < -0.4 is 29.0 Å². The van der Waals surface area contributed by atoms with Crippen LogP contribution in [0.5, 0.6) is 34.5 Å². The number of anilines is 1. The SMILES string of the molecule is COc1ccc2c(c1OC)OC1c3c(-c4cccc(O)c4)cc4c(c3OC(O)C21)NC1C=CC2(C(=O)O)OC1(O4)C(O)C(O)C2O. The monoisotopic (exact) mass is 635 g/mol. The average Bonchev–Trinajstić information content (AvgIpc) is 3.45. The van der Waals surface area contributed by atoms with E-state index in [2.05, 4.69) is 5.32 Å². The predicted molar refractivity (Wildman–Crippen MR) is 155 cm³/mol. The molecule has 0 aromatic heterocycles. The Labute approximate surface area is 260 Å². The Morgan fingerprint density at radius 1 is 0.978 bits per heavy atom. The number of rotatable bonds is 4. The molecule has 5 aliphatic heterocycles. The quantitative estimate of drug-likeness (QED) is 0.202. The summed E-state index contributed by atoms with van der Waals surface area (Å²) in [6, 6.07) is 10.3. The molecule has 0 radical (unpaired) electrons. The van der Waals surface area contributed by atoms with Crippen molar-refractivity contribution in [3.63, 3.8) is 0 Å². The van der Waals surface area contributed by atoms with Crippen molar-refractivity contribution in [2.75, 3.05) is 19.5 Å². The van der Waals surface area contributed by atoms with Crippen LogP contribution in [-0.4, -0.2) is 92.9 Å². The van der Waals surface area contributed by atoms with Gasteiger partial charge >= 0.3 is 5.97 Å². The van der Waals surface area contributed by atoms with E-state index in [1.807, 2.05) is 0 Å². The van der Waals surface area contributed by atoms with Crippen molar-refractivity contribution in [2.24, 2.45) is 0 Å². The summed E-state index contributed by atoms with van der Waals surface area (Å²) in [6.07, 6.45) is -5.66. The first-order chi connectivity index (χ1) is 22.0. The number of carbonyl (C=O) groups is 1. The molecule has 3 aromatic rings. The number of fused-ring (bicyclic) bond motifs is 8. The van der Waals surface area contributed by atoms with E-state index in [1.165, 1.54) is 32.4 Å². The molecule has 240 valence electrons. The fourth-order valence-corrected chi connectivity index (χ4v) is 7.25. The fourth-order valence-electron chi connectivity index (χ4n) is 7.25. The van der Waals surface area contributed by atoms with E-state index in [0.717, 1.165) is 6.08 Å². The summed E-state index contributed by atoms with van der Waals surface area (Å²) in [4.78, 5) is 12.3. The number of nitrogens with one attached hydrogen (secondary N) is 1. The number of methoxy groups -OCH3 is 2. The van der Waals surface area contributed by atoms with Crippen molar-refractivity contribution in [1.29, 1.82) is 0 Å². The fraction of sp³-hybridized carbons (Fsp3) is 0.344. The van der Waals surface area contributed by atoms with Gasteiger partial charge in [0.15, 0.2) is 29.1 Å². The summed E-state index contributed by atoms with van der Waals surface area (Å²) >= 11 is 0. The van der Waals surface area contributed by atoms with Gasteiger partial charge in [0.05, 0.1) is 20.1 Å². The third kappa shape index (κ3) is 3.55. The molecule has 8 rings (SSSR count). The number of phenols is 1. The Kier molecular flexibility index (Phi) is 6.02. The van der Waals surface area contributed by atoms with Gasteiger partial charge in [0.25, 0.3) is 5.79 Å². The van der Waals surface area contributed by atoms with Crippen molar-refractivity contribution in [3.8, 4) is 45.6 Å². The lowest BCUT2D eigenvalue weighted by Gasteiger charge is -2.57. The first kappa shape index (κ1) is 28.7. The molecule has 9 unspecified atom stereocenters. The van der Waals surface area contributed by atoms with Crippen molar-refractivity contribution in [3.05, 3.63) is 65.7 Å². The zero-order valence-electron chi connectivity index (χ0n) is 24.3. The Hall–Kier alpha value is -4.73. The number of ether oxygens (including phenoxy) is 6. The van der Waals surface area contributed by atoms with Crippen LogP contribution in [0.3, 0.4) is 0 Å². The second-order valence-corrected chi connectivity index (χ2v) is 11.8. The van der Waals surface area contributed by atoms with E-state index in [-0.39, 0.29) is 22.9 Å². The van der Waals surface area contributed by atoms with Crippen molar-refractivity contribution in [1.82, 2.24) is 0 Å². The highest BCUT2D eigenvalue weighted by molar-refractivity contribution is 5.85. The van der Waals surface area contributed by atoms with Crippen LogP contribution in [0, 0.1) is 0 Å². The maximum atomic E-state index is 12.3. The molecule has 1 fully saturated rings. The molecule has 1 spiro atoms. The van der Waals surface area contributed by atoms with E-state index < -0.39 is 60.0 Å². The number of benzene rings is 3. The highest BCUT2D eigenvalue weighted by Gasteiger charge is 2.70. The number of hydrogen-bond acceptors (Lipinski definition) is 13. The van der Waals surface area contributed by atoms with Crippen LogP contribution in [0.4, 0.5) is 5.69 Å². The van der Waals surface area contributed by atoms with Gasteiger partial charge in [0, 0.05) is 11.1 Å². The van der Waals surface area contributed by atoms with Crippen molar-refractivity contribution >= 4 is 11.7 Å². The van der Waals surface area contributed by atoms with E-state index in [1.54, 1.807) is 30.3 Å². The van der Waals surface area contributed by atoms with Gasteiger partial charge in [-0.25, -0.2) is 4.79 Å². The third-order valence-electron chi connectivity index (χ3n) is 9.43. The summed E-state index contributed by atoms with van der Waals surface area (Å²) in [6.45, 7) is 0. The lowest BCUT2D eigenvalue weighted by molar-refractivity contribution is -0.356. The number of aromatic hydroxyl groups is 1. The molecule has 0 saturated carbocycles. The van der Waals surface area contributed by atoms with Crippen LogP contribution in [0.2, 0.25) is 0 Å². The van der Waals surface area contributed by atoms with E-state index in [4.69, 9.17) is 28.4 Å². The summed E-state index contributed by atoms with van der Waals surface area (Å²) in [7, 11) is 2.97. The molecule has 14 heteroatoms. The summed E-state index contributed by atoms with van der Waals surface area (Å²) in [5.41, 5.74) is -0.128. The lowest BCUT2D eigenvalue weighted by Crippen LogP contribution is -2.79. The number of phenolic OH excluding ortho intramolecular Hbond substituents is 1. The Morgan fingerprint density at radius 3 is 2.50 bits per heavy atom. The Morgan fingerprint density at radius 2 is 1.78 bits per heavy atom. The number of aliphatic hydroxyl groups is 4. The lowest BCUT2D eigenvalue weighted by atomic mass is 9.76. The molecule has 2 bridgehead atoms. The maximum Gasteiger partial charge on any atom is 0.343 e. The van der Waals surface area contributed by atoms with E-state index >= 15 is 0 Å². The molecule has 0 amide bonds. The highest BCUT2D eigenvalue weighted by Crippen LogP contribution is 2.63. The van der Waals surface area contributed by atoms with Gasteiger partial charge in [-0.2, -0.15) is 0 Å². The molecule has 5 heterocycles. The van der Waals surface area contributed by atoms with Crippen LogP contribution in [0.1, 0.15) is 23.1 Å². The number of aliphatic hydroxyl groups excluding tert-OH is 4. The van der Waals surface area contributed by atoms with Gasteiger partial charge in [-0.15, -0.1) is 0 Å². The average molecular weight is 636 g/mol. The van der Waals surface area contributed by atoms with Crippen LogP contribution in [0.25, 0.3) is 11.1 Å². The van der Waals surface area contributed by atoms with Gasteiger partial charge in [0.2, 0.25) is 17.6 Å². The van der Waals surface area contributed by atoms with Crippen molar-refractivity contribution in [2.45, 2.75) is 54.1 Å². The zero-order chi connectivity index (χ0) is 32.3. The minimum absolute atomic E-state index is 0.00554. The van der Waals surface area contributed by atoms with Gasteiger partial charge in [-0.3, -0.25) is 0 Å². The standard InChI is InChI=1S/C32H29NO13/c1-41-16-7-6-14-20-25(43-23(14)24(16)42-2)19-15(12-4-3-5-13(34)10-12)11-17-21(26(19)44-29(20)38)33-18-8-9-31(30(39)40)27(36)22(35)28(37)32(18,45-17)46-31/h3-11,18,20,22,25,27-29,33-38H,1-2H3,(H,39,40). The van der Waals surface area contributed by atoms with Crippen LogP contribution >= 0.6 is 0 Å². The molecule has 0 aliphatic carbocycles. The Balaban J connectivity index is 1.33. The minimum Gasteiger partial charge on any atom is -0.508 e. The van der Waals surface area contributed by atoms with Gasteiger partial charge < -0.3 is 64.4 Å². The number of hydrogen-bond donors (Lipinski definition) is 7. The van der Waals surface area contributed by atoms with Crippen LogP contribution in [-0.2, 0) is 9.53 Å². The first-order valence-electron chi connectivity index (χ1n) is 14.4. The molecule has 1 saturated heterocycles. The molecule has 14 nitrogen and oxygen atoms in total. The number of carboxylic acids is 1. The second-order valence-electron chi connectivity index (χ2n) is 11.8. The Bertz CT molecular complexity index is 1830. The molecular weight excluding hydrogens is 606 g/mol.